The molecule has 0 radical (unpaired) electrons. The van der Waals surface area contributed by atoms with Crippen LogP contribution in [0.3, 0.4) is 0 Å². The number of benzene rings is 1. The van der Waals surface area contributed by atoms with Gasteiger partial charge < -0.3 is 4.42 Å². The molecule has 0 saturated carbocycles. The second-order valence-corrected chi connectivity index (χ2v) is 7.33. The van der Waals surface area contributed by atoms with Crippen LogP contribution in [0.5, 0.6) is 0 Å². The van der Waals surface area contributed by atoms with E-state index in [0.29, 0.717) is 5.89 Å². The van der Waals surface area contributed by atoms with Crippen molar-refractivity contribution in [1.82, 2.24) is 14.9 Å². The lowest BCUT2D eigenvalue weighted by Gasteiger charge is -2.04. The number of rotatable bonds is 5. The Labute approximate surface area is 131 Å². The van der Waals surface area contributed by atoms with E-state index in [1.165, 1.54) is 11.3 Å². The molecule has 0 unspecified atom stereocenters. The summed E-state index contributed by atoms with van der Waals surface area (Å²) in [7, 11) is -3.59. The summed E-state index contributed by atoms with van der Waals surface area (Å²) < 4.78 is 32.2. The molecule has 6 nitrogen and oxygen atoms in total. The van der Waals surface area contributed by atoms with E-state index in [1.54, 1.807) is 24.3 Å². The van der Waals surface area contributed by atoms with E-state index < -0.39 is 10.0 Å². The van der Waals surface area contributed by atoms with Gasteiger partial charge in [0.05, 0.1) is 16.3 Å². The number of hydrogen-bond donors (Lipinski definition) is 1. The molecule has 0 saturated heterocycles. The number of thiophene rings is 1. The minimum Gasteiger partial charge on any atom is -0.418 e. The van der Waals surface area contributed by atoms with Crippen LogP contribution in [-0.4, -0.2) is 18.6 Å². The predicted octanol–water partition coefficient (Wildman–Crippen LogP) is 2.59. The molecule has 3 rings (SSSR count). The van der Waals surface area contributed by atoms with Gasteiger partial charge in [-0.2, -0.15) is 0 Å². The van der Waals surface area contributed by atoms with Crippen molar-refractivity contribution in [3.05, 3.63) is 53.2 Å². The Balaban J connectivity index is 1.71. The fraction of sp³-hybridized carbons (Fsp3) is 0.143. The van der Waals surface area contributed by atoms with E-state index >= 15 is 0 Å². The van der Waals surface area contributed by atoms with Crippen LogP contribution in [0.25, 0.3) is 10.8 Å². The lowest BCUT2D eigenvalue weighted by atomic mass is 10.2. The summed E-state index contributed by atoms with van der Waals surface area (Å²) in [5.41, 5.74) is 0.997. The molecule has 0 aliphatic carbocycles. The van der Waals surface area contributed by atoms with Gasteiger partial charge in [-0.15, -0.1) is 21.5 Å². The van der Waals surface area contributed by atoms with E-state index in [2.05, 4.69) is 14.9 Å². The standard InChI is InChI=1S/C14H13N3O3S2/c1-10-4-6-11(7-5-10)22(18,19)15-9-13-16-17-14(20-13)12-3-2-8-21-12/h2-8,15H,9H2,1H3. The third-order valence-electron chi connectivity index (χ3n) is 2.94. The monoisotopic (exact) mass is 335 g/mol. The lowest BCUT2D eigenvalue weighted by Crippen LogP contribution is -2.23. The van der Waals surface area contributed by atoms with E-state index in [9.17, 15) is 8.42 Å². The zero-order chi connectivity index (χ0) is 15.6. The average molecular weight is 335 g/mol. The predicted molar refractivity (Wildman–Crippen MR) is 82.8 cm³/mol. The molecule has 1 N–H and O–H groups in total. The van der Waals surface area contributed by atoms with Crippen molar-refractivity contribution in [2.24, 2.45) is 0 Å². The molecule has 0 fully saturated rings. The average Bonchev–Trinajstić information content (AvgIpc) is 3.17. The van der Waals surface area contributed by atoms with E-state index in [4.69, 9.17) is 4.42 Å². The Morgan fingerprint density at radius 1 is 1.18 bits per heavy atom. The van der Waals surface area contributed by atoms with Crippen molar-refractivity contribution in [2.45, 2.75) is 18.4 Å². The zero-order valence-electron chi connectivity index (χ0n) is 11.7. The number of nitrogens with one attached hydrogen (secondary N) is 1. The maximum absolute atomic E-state index is 12.2. The molecule has 8 heteroatoms. The van der Waals surface area contributed by atoms with Crippen molar-refractivity contribution >= 4 is 21.4 Å². The third-order valence-corrected chi connectivity index (χ3v) is 5.22. The van der Waals surface area contributed by atoms with Gasteiger partial charge in [0.2, 0.25) is 15.9 Å². The minimum absolute atomic E-state index is 0.0470. The molecule has 2 aromatic heterocycles. The molecular weight excluding hydrogens is 322 g/mol. The van der Waals surface area contributed by atoms with Crippen LogP contribution < -0.4 is 4.72 Å². The number of sulfonamides is 1. The topological polar surface area (TPSA) is 85.1 Å². The molecule has 1 aromatic carbocycles. The first kappa shape index (κ1) is 14.9. The number of nitrogens with zero attached hydrogens (tertiary/aromatic N) is 2. The molecule has 114 valence electrons. The molecular formula is C14H13N3O3S2. The van der Waals surface area contributed by atoms with Crippen LogP contribution in [0.15, 0.2) is 51.1 Å². The van der Waals surface area contributed by atoms with E-state index in [0.717, 1.165) is 10.4 Å². The molecule has 2 heterocycles. The van der Waals surface area contributed by atoms with Crippen LogP contribution in [0.2, 0.25) is 0 Å². The number of aromatic nitrogens is 2. The maximum atomic E-state index is 12.2. The summed E-state index contributed by atoms with van der Waals surface area (Å²) in [6.07, 6.45) is 0. The van der Waals surface area contributed by atoms with Gasteiger partial charge in [-0.05, 0) is 30.5 Å². The maximum Gasteiger partial charge on any atom is 0.257 e. The van der Waals surface area contributed by atoms with Gasteiger partial charge in [0.25, 0.3) is 5.89 Å². The van der Waals surface area contributed by atoms with Crippen molar-refractivity contribution in [1.29, 1.82) is 0 Å². The lowest BCUT2D eigenvalue weighted by molar-refractivity contribution is 0.495. The molecule has 0 bridgehead atoms. The normalized spacial score (nSPS) is 11.7. The first-order valence-electron chi connectivity index (χ1n) is 6.47. The molecule has 0 spiro atoms. The van der Waals surface area contributed by atoms with Crippen LogP contribution in [0, 0.1) is 6.92 Å². The highest BCUT2D eigenvalue weighted by atomic mass is 32.2. The fourth-order valence-corrected chi connectivity index (χ4v) is 3.40. The molecule has 3 aromatic rings. The van der Waals surface area contributed by atoms with Crippen molar-refractivity contribution in [3.8, 4) is 10.8 Å². The van der Waals surface area contributed by atoms with Crippen LogP contribution in [0.4, 0.5) is 0 Å². The Morgan fingerprint density at radius 2 is 1.95 bits per heavy atom. The number of aryl methyl sites for hydroxylation is 1. The first-order valence-corrected chi connectivity index (χ1v) is 8.83. The van der Waals surface area contributed by atoms with Crippen molar-refractivity contribution < 1.29 is 12.8 Å². The van der Waals surface area contributed by atoms with E-state index in [1.807, 2.05) is 24.4 Å². The second kappa shape index (κ2) is 5.99. The molecule has 0 aliphatic heterocycles. The molecule has 0 atom stereocenters. The SMILES string of the molecule is Cc1ccc(S(=O)(=O)NCc2nnc(-c3cccs3)o2)cc1. The highest BCUT2D eigenvalue weighted by Crippen LogP contribution is 2.23. The van der Waals surface area contributed by atoms with Crippen LogP contribution in [-0.2, 0) is 16.6 Å². The Kier molecular flexibility index (Phi) is 4.06. The summed E-state index contributed by atoms with van der Waals surface area (Å²) in [5, 5.41) is 9.65. The zero-order valence-corrected chi connectivity index (χ0v) is 13.3. The minimum atomic E-state index is -3.59. The van der Waals surface area contributed by atoms with Gasteiger partial charge in [0.1, 0.15) is 0 Å². The summed E-state index contributed by atoms with van der Waals surface area (Å²) in [5.74, 6) is 0.610. The molecule has 0 amide bonds. The smallest absolute Gasteiger partial charge is 0.257 e. The summed E-state index contributed by atoms with van der Waals surface area (Å²) >= 11 is 1.48. The highest BCUT2D eigenvalue weighted by molar-refractivity contribution is 7.89. The quantitative estimate of drug-likeness (QED) is 0.774. The Bertz CT molecular complexity index is 853. The summed E-state index contributed by atoms with van der Waals surface area (Å²) in [6.45, 7) is 1.85. The van der Waals surface area contributed by atoms with Gasteiger partial charge in [-0.25, -0.2) is 13.1 Å². The Hall–Kier alpha value is -2.03. The Morgan fingerprint density at radius 3 is 2.64 bits per heavy atom. The molecule has 0 aliphatic rings. The summed E-state index contributed by atoms with van der Waals surface area (Å²) in [4.78, 5) is 1.05. The fourth-order valence-electron chi connectivity index (χ4n) is 1.78. The highest BCUT2D eigenvalue weighted by Gasteiger charge is 2.16. The van der Waals surface area contributed by atoms with Crippen LogP contribution in [0.1, 0.15) is 11.5 Å². The second-order valence-electron chi connectivity index (χ2n) is 4.62. The third kappa shape index (κ3) is 3.24. The van der Waals surface area contributed by atoms with Gasteiger partial charge in [0.15, 0.2) is 0 Å². The number of hydrogen-bond acceptors (Lipinski definition) is 6. The van der Waals surface area contributed by atoms with Gasteiger partial charge in [-0.3, -0.25) is 0 Å². The van der Waals surface area contributed by atoms with Gasteiger partial charge in [0, 0.05) is 0 Å². The van der Waals surface area contributed by atoms with Gasteiger partial charge >= 0.3 is 0 Å². The molecule has 22 heavy (non-hydrogen) atoms. The van der Waals surface area contributed by atoms with Crippen molar-refractivity contribution in [3.63, 3.8) is 0 Å². The van der Waals surface area contributed by atoms with Crippen molar-refractivity contribution in [2.75, 3.05) is 0 Å². The largest absolute Gasteiger partial charge is 0.418 e. The van der Waals surface area contributed by atoms with E-state index in [-0.39, 0.29) is 17.3 Å². The summed E-state index contributed by atoms with van der Waals surface area (Å²) in [6, 6.07) is 10.3. The van der Waals surface area contributed by atoms with Gasteiger partial charge in [-0.1, -0.05) is 23.8 Å². The first-order chi connectivity index (χ1) is 10.5. The van der Waals surface area contributed by atoms with Crippen LogP contribution >= 0.6 is 11.3 Å².